The Morgan fingerprint density at radius 2 is 2.56 bits per heavy atom. The molecule has 3 heterocycles. The summed E-state index contributed by atoms with van der Waals surface area (Å²) in [6.07, 6.45) is 3.23. The van der Waals surface area contributed by atoms with Crippen LogP contribution in [0, 0.1) is 0 Å². The molecule has 1 atom stereocenters. The fourth-order valence-corrected chi connectivity index (χ4v) is 2.14. The number of imidazole rings is 1. The van der Waals surface area contributed by atoms with Crippen LogP contribution in [0.2, 0.25) is 0 Å². The van der Waals surface area contributed by atoms with E-state index in [2.05, 4.69) is 15.3 Å². The number of nitrogens with one attached hydrogen (secondary N) is 2. The Kier molecular flexibility index (Phi) is 2.37. The molecule has 1 unspecified atom stereocenters. The van der Waals surface area contributed by atoms with E-state index in [4.69, 9.17) is 4.84 Å². The van der Waals surface area contributed by atoms with Crippen LogP contribution in [-0.2, 0) is 22.6 Å². The third kappa shape index (κ3) is 1.60. The van der Waals surface area contributed by atoms with Crippen LogP contribution in [0.3, 0.4) is 0 Å². The Hall–Kier alpha value is -1.40. The molecule has 1 aromatic rings. The predicted molar refractivity (Wildman–Crippen MR) is 55.2 cm³/mol. The lowest BCUT2D eigenvalue weighted by molar-refractivity contribution is -0.171. The monoisotopic (exact) mass is 222 g/mol. The van der Waals surface area contributed by atoms with Gasteiger partial charge < -0.3 is 4.98 Å². The Bertz CT molecular complexity index is 397. The highest BCUT2D eigenvalue weighted by molar-refractivity contribution is 5.81. The quantitative estimate of drug-likeness (QED) is 0.677. The van der Waals surface area contributed by atoms with Gasteiger partial charge in [0.05, 0.1) is 36.9 Å². The van der Waals surface area contributed by atoms with E-state index in [-0.39, 0.29) is 11.9 Å². The fraction of sp³-hybridized carbons (Fsp3) is 0.600. The third-order valence-electron chi connectivity index (χ3n) is 3.03. The Morgan fingerprint density at radius 1 is 1.62 bits per heavy atom. The van der Waals surface area contributed by atoms with E-state index in [0.29, 0.717) is 26.1 Å². The van der Waals surface area contributed by atoms with E-state index in [1.54, 1.807) is 6.33 Å². The highest BCUT2D eigenvalue weighted by atomic mass is 16.7. The summed E-state index contributed by atoms with van der Waals surface area (Å²) in [5.74, 6) is 0.0196. The van der Waals surface area contributed by atoms with Crippen molar-refractivity contribution in [1.82, 2.24) is 20.3 Å². The van der Waals surface area contributed by atoms with Crippen LogP contribution in [0.25, 0.3) is 0 Å². The van der Waals surface area contributed by atoms with Crippen LogP contribution in [0.4, 0.5) is 0 Å². The molecule has 2 aliphatic heterocycles. The molecule has 6 heteroatoms. The number of H-pyrrole nitrogens is 1. The molecule has 2 aliphatic rings. The van der Waals surface area contributed by atoms with Gasteiger partial charge in [0.1, 0.15) is 0 Å². The normalized spacial score (nSPS) is 24.5. The van der Waals surface area contributed by atoms with Crippen molar-refractivity contribution in [3.8, 4) is 0 Å². The molecule has 2 N–H and O–H groups in total. The number of hydroxylamine groups is 2. The number of carbonyl (C=O) groups is 1. The van der Waals surface area contributed by atoms with Gasteiger partial charge in [-0.1, -0.05) is 0 Å². The van der Waals surface area contributed by atoms with Crippen LogP contribution < -0.4 is 5.32 Å². The first-order valence-electron chi connectivity index (χ1n) is 5.53. The Labute approximate surface area is 92.9 Å². The zero-order valence-electron chi connectivity index (χ0n) is 8.90. The van der Waals surface area contributed by atoms with Crippen molar-refractivity contribution >= 4 is 5.91 Å². The maximum absolute atomic E-state index is 12.0. The molecule has 16 heavy (non-hydrogen) atoms. The van der Waals surface area contributed by atoms with Crippen molar-refractivity contribution in [3.63, 3.8) is 0 Å². The van der Waals surface area contributed by atoms with Crippen molar-refractivity contribution in [2.45, 2.75) is 25.4 Å². The maximum atomic E-state index is 12.0. The molecule has 1 aromatic heterocycles. The lowest BCUT2D eigenvalue weighted by Gasteiger charge is -2.25. The first kappa shape index (κ1) is 9.80. The minimum atomic E-state index is -0.200. The van der Waals surface area contributed by atoms with Gasteiger partial charge in [-0.25, -0.2) is 10.0 Å². The molecule has 6 nitrogen and oxygen atoms in total. The minimum Gasteiger partial charge on any atom is -0.347 e. The van der Waals surface area contributed by atoms with E-state index in [1.807, 2.05) is 0 Å². The highest BCUT2D eigenvalue weighted by Crippen LogP contribution is 2.15. The first-order chi connectivity index (χ1) is 7.84. The van der Waals surface area contributed by atoms with Gasteiger partial charge in [-0.2, -0.15) is 0 Å². The van der Waals surface area contributed by atoms with E-state index < -0.39 is 0 Å². The van der Waals surface area contributed by atoms with Gasteiger partial charge in [-0.15, -0.1) is 0 Å². The molecule has 1 fully saturated rings. The zero-order valence-corrected chi connectivity index (χ0v) is 8.90. The molecule has 1 saturated heterocycles. The lowest BCUT2D eigenvalue weighted by Crippen LogP contribution is -2.48. The topological polar surface area (TPSA) is 70.2 Å². The standard InChI is InChI=1S/C10H14N4O2/c15-10(14-2-1-3-16-14)8-4-7-9(5-11-8)13-6-12-7/h6,8,11H,1-5H2,(H,12,13). The first-order valence-corrected chi connectivity index (χ1v) is 5.53. The van der Waals surface area contributed by atoms with Gasteiger partial charge >= 0.3 is 0 Å². The average molecular weight is 222 g/mol. The van der Waals surface area contributed by atoms with E-state index >= 15 is 0 Å². The number of amides is 1. The molecule has 0 saturated carbocycles. The number of aromatic amines is 1. The average Bonchev–Trinajstić information content (AvgIpc) is 2.98. The molecule has 0 radical (unpaired) electrons. The molecule has 86 valence electrons. The second kappa shape index (κ2) is 3.88. The number of carbonyl (C=O) groups excluding carboxylic acids is 1. The van der Waals surface area contributed by atoms with Crippen LogP contribution in [0.1, 0.15) is 17.8 Å². The minimum absolute atomic E-state index is 0.0196. The van der Waals surface area contributed by atoms with Crippen LogP contribution >= 0.6 is 0 Å². The zero-order chi connectivity index (χ0) is 11.0. The predicted octanol–water partition coefficient (Wildman–Crippen LogP) is -0.412. The molecule has 1 amide bonds. The number of nitrogens with zero attached hydrogens (tertiary/aromatic N) is 2. The molecular formula is C10H14N4O2. The third-order valence-corrected chi connectivity index (χ3v) is 3.03. The summed E-state index contributed by atoms with van der Waals surface area (Å²) < 4.78 is 0. The number of rotatable bonds is 1. The smallest absolute Gasteiger partial charge is 0.263 e. The van der Waals surface area contributed by atoms with Gasteiger partial charge in [-0.05, 0) is 6.42 Å². The van der Waals surface area contributed by atoms with Gasteiger partial charge in [0.15, 0.2) is 0 Å². The van der Waals surface area contributed by atoms with E-state index in [0.717, 1.165) is 17.8 Å². The van der Waals surface area contributed by atoms with Gasteiger partial charge in [0, 0.05) is 13.0 Å². The van der Waals surface area contributed by atoms with Crippen molar-refractivity contribution in [3.05, 3.63) is 17.7 Å². The molecule has 0 spiro atoms. The van der Waals surface area contributed by atoms with Crippen molar-refractivity contribution in [2.24, 2.45) is 0 Å². The number of aromatic nitrogens is 2. The summed E-state index contributed by atoms with van der Waals surface area (Å²) in [5.41, 5.74) is 2.06. The fourth-order valence-electron chi connectivity index (χ4n) is 2.14. The Morgan fingerprint density at radius 3 is 3.38 bits per heavy atom. The van der Waals surface area contributed by atoms with E-state index in [9.17, 15) is 4.79 Å². The highest BCUT2D eigenvalue weighted by Gasteiger charge is 2.31. The van der Waals surface area contributed by atoms with Gasteiger partial charge in [-0.3, -0.25) is 14.9 Å². The summed E-state index contributed by atoms with van der Waals surface area (Å²) >= 11 is 0. The summed E-state index contributed by atoms with van der Waals surface area (Å²) in [4.78, 5) is 24.6. The second-order valence-corrected chi connectivity index (χ2v) is 4.09. The number of hydrogen-bond acceptors (Lipinski definition) is 4. The van der Waals surface area contributed by atoms with E-state index in [1.165, 1.54) is 5.06 Å². The van der Waals surface area contributed by atoms with Crippen molar-refractivity contribution in [1.29, 1.82) is 0 Å². The van der Waals surface area contributed by atoms with Crippen LogP contribution in [0.5, 0.6) is 0 Å². The molecule has 0 aromatic carbocycles. The van der Waals surface area contributed by atoms with Crippen LogP contribution in [0.15, 0.2) is 6.33 Å². The SMILES string of the molecule is O=C(C1Cc2nc[nH]c2CN1)N1CCCO1. The van der Waals surface area contributed by atoms with Gasteiger partial charge in [0.2, 0.25) is 0 Å². The molecule has 0 aliphatic carbocycles. The van der Waals surface area contributed by atoms with Crippen molar-refractivity contribution in [2.75, 3.05) is 13.2 Å². The van der Waals surface area contributed by atoms with Gasteiger partial charge in [0.25, 0.3) is 5.91 Å². The summed E-state index contributed by atoms with van der Waals surface area (Å²) in [6.45, 7) is 2.01. The summed E-state index contributed by atoms with van der Waals surface area (Å²) in [7, 11) is 0. The van der Waals surface area contributed by atoms with Crippen molar-refractivity contribution < 1.29 is 9.63 Å². The molecular weight excluding hydrogens is 208 g/mol. The number of fused-ring (bicyclic) bond motifs is 1. The summed E-state index contributed by atoms with van der Waals surface area (Å²) in [5, 5.41) is 4.66. The largest absolute Gasteiger partial charge is 0.347 e. The second-order valence-electron chi connectivity index (χ2n) is 4.09. The summed E-state index contributed by atoms with van der Waals surface area (Å²) in [6, 6.07) is -0.200. The molecule has 3 rings (SSSR count). The lowest BCUT2D eigenvalue weighted by atomic mass is 10.0. The number of hydrogen-bond donors (Lipinski definition) is 2. The maximum Gasteiger partial charge on any atom is 0.263 e. The Balaban J connectivity index is 1.71. The van der Waals surface area contributed by atoms with Crippen LogP contribution in [-0.4, -0.2) is 40.1 Å². The molecule has 0 bridgehead atoms.